The summed E-state index contributed by atoms with van der Waals surface area (Å²) in [6, 6.07) is 1.98. The van der Waals surface area contributed by atoms with Gasteiger partial charge in [0, 0.05) is 23.3 Å². The second kappa shape index (κ2) is 6.02. The van der Waals surface area contributed by atoms with Crippen LogP contribution in [0.25, 0.3) is 0 Å². The van der Waals surface area contributed by atoms with Gasteiger partial charge in [0.25, 0.3) is 5.91 Å². The summed E-state index contributed by atoms with van der Waals surface area (Å²) >= 11 is 7.53. The molecule has 2 nitrogen and oxygen atoms in total. The van der Waals surface area contributed by atoms with E-state index in [1.54, 1.807) is 11.3 Å². The maximum Gasteiger partial charge on any atom is 0.254 e. The Morgan fingerprint density at radius 1 is 1.59 bits per heavy atom. The molecule has 94 valence electrons. The molecule has 0 N–H and O–H groups in total. The molecule has 1 unspecified atom stereocenters. The van der Waals surface area contributed by atoms with E-state index in [0.29, 0.717) is 10.7 Å². The van der Waals surface area contributed by atoms with Gasteiger partial charge in [-0.05, 0) is 47.4 Å². The highest BCUT2D eigenvalue weighted by Crippen LogP contribution is 2.26. The molecule has 0 aromatic carbocycles. The first-order chi connectivity index (χ1) is 8.08. The van der Waals surface area contributed by atoms with Crippen molar-refractivity contribution >= 4 is 55.8 Å². The first kappa shape index (κ1) is 13.8. The van der Waals surface area contributed by atoms with Crippen molar-refractivity contribution in [2.75, 3.05) is 13.1 Å². The summed E-state index contributed by atoms with van der Waals surface area (Å²) in [4.78, 5) is 14.8. The number of amides is 1. The molecule has 0 saturated carbocycles. The van der Waals surface area contributed by atoms with E-state index in [4.69, 9.17) is 0 Å². The van der Waals surface area contributed by atoms with Crippen molar-refractivity contribution in [2.45, 2.75) is 24.6 Å². The molecule has 1 amide bonds. The summed E-state index contributed by atoms with van der Waals surface area (Å²) in [7, 11) is 0. The van der Waals surface area contributed by atoms with Crippen LogP contribution >= 0.6 is 49.9 Å². The smallest absolute Gasteiger partial charge is 0.254 e. The van der Waals surface area contributed by atoms with Crippen LogP contribution in [0.15, 0.2) is 11.4 Å². The summed E-state index contributed by atoms with van der Waals surface area (Å²) in [6.45, 7) is 3.99. The minimum atomic E-state index is 0.199. The number of rotatable bonds is 2. The van der Waals surface area contributed by atoms with Crippen molar-refractivity contribution < 1.29 is 4.79 Å². The van der Waals surface area contributed by atoms with E-state index in [0.717, 1.165) is 31.5 Å². The number of nitrogens with zero attached hydrogens (tertiary/aromatic N) is 1. The summed E-state index contributed by atoms with van der Waals surface area (Å²) in [5.41, 5.74) is 0.852. The quantitative estimate of drug-likeness (QED) is 0.516. The van der Waals surface area contributed by atoms with Gasteiger partial charge in [-0.1, -0.05) is 22.9 Å². The lowest BCUT2D eigenvalue weighted by Crippen LogP contribution is -2.39. The van der Waals surface area contributed by atoms with Gasteiger partial charge in [0.1, 0.15) is 0 Å². The number of hydrogen-bond donors (Lipinski definition) is 0. The molecule has 1 aromatic rings. The van der Waals surface area contributed by atoms with E-state index < -0.39 is 0 Å². The molecule has 0 aliphatic carbocycles. The molecule has 5 heteroatoms. The number of likely N-dealkylation sites (tertiary alicyclic amines) is 1. The SMILES string of the molecule is CC(Br)C1CCN(C(=O)c2csc(I)c2)CC1. The van der Waals surface area contributed by atoms with Gasteiger partial charge in [0.15, 0.2) is 0 Å². The number of carbonyl (C=O) groups is 1. The number of piperidine rings is 1. The monoisotopic (exact) mass is 427 g/mol. The number of hydrogen-bond acceptors (Lipinski definition) is 2. The highest BCUT2D eigenvalue weighted by molar-refractivity contribution is 14.1. The van der Waals surface area contributed by atoms with Crippen LogP contribution in [0.2, 0.25) is 0 Å². The van der Waals surface area contributed by atoms with E-state index in [1.165, 1.54) is 2.88 Å². The Bertz CT molecular complexity index is 399. The fraction of sp³-hybridized carbons (Fsp3) is 0.583. The molecule has 0 bridgehead atoms. The van der Waals surface area contributed by atoms with Crippen LogP contribution in [-0.4, -0.2) is 28.7 Å². The normalized spacial score (nSPS) is 19.4. The summed E-state index contributed by atoms with van der Waals surface area (Å²) < 4.78 is 1.18. The van der Waals surface area contributed by atoms with Gasteiger partial charge in [-0.3, -0.25) is 4.79 Å². The van der Waals surface area contributed by atoms with Crippen LogP contribution < -0.4 is 0 Å². The predicted molar refractivity (Wildman–Crippen MR) is 84.1 cm³/mol. The third-order valence-corrected chi connectivity index (χ3v) is 5.83. The average Bonchev–Trinajstić information content (AvgIpc) is 2.75. The molecule has 1 aromatic heterocycles. The lowest BCUT2D eigenvalue weighted by atomic mass is 9.94. The summed E-state index contributed by atoms with van der Waals surface area (Å²) in [5, 5.41) is 1.96. The highest BCUT2D eigenvalue weighted by atomic mass is 127. The molecule has 2 heterocycles. The highest BCUT2D eigenvalue weighted by Gasteiger charge is 2.26. The number of halogens is 2. The summed E-state index contributed by atoms with van der Waals surface area (Å²) in [5.74, 6) is 0.909. The van der Waals surface area contributed by atoms with E-state index in [1.807, 2.05) is 16.3 Å². The van der Waals surface area contributed by atoms with E-state index in [-0.39, 0.29) is 5.91 Å². The molecule has 0 radical (unpaired) electrons. The summed E-state index contributed by atoms with van der Waals surface area (Å²) in [6.07, 6.45) is 2.22. The van der Waals surface area contributed by atoms with Crippen LogP contribution in [0.1, 0.15) is 30.1 Å². The first-order valence-electron chi connectivity index (χ1n) is 5.75. The third-order valence-electron chi connectivity index (χ3n) is 3.29. The molecular weight excluding hydrogens is 413 g/mol. The lowest BCUT2D eigenvalue weighted by molar-refractivity contribution is 0.0692. The Hall–Kier alpha value is 0.380. The number of carbonyl (C=O) groups excluding carboxylic acids is 1. The molecule has 1 atom stereocenters. The Morgan fingerprint density at radius 2 is 2.24 bits per heavy atom. The molecule has 1 aliphatic heterocycles. The molecule has 1 fully saturated rings. The van der Waals surface area contributed by atoms with Gasteiger partial charge in [0.2, 0.25) is 0 Å². The molecule has 1 aliphatic rings. The van der Waals surface area contributed by atoms with Crippen molar-refractivity contribution in [2.24, 2.45) is 5.92 Å². The maximum absolute atomic E-state index is 12.2. The molecule has 0 spiro atoms. The van der Waals surface area contributed by atoms with Gasteiger partial charge in [0.05, 0.1) is 8.45 Å². The van der Waals surface area contributed by atoms with Crippen LogP contribution in [0.4, 0.5) is 0 Å². The minimum absolute atomic E-state index is 0.199. The average molecular weight is 428 g/mol. The van der Waals surface area contributed by atoms with Gasteiger partial charge < -0.3 is 4.90 Å². The fourth-order valence-electron chi connectivity index (χ4n) is 2.17. The predicted octanol–water partition coefficient (Wildman–Crippen LogP) is 3.99. The Balaban J connectivity index is 1.95. The molecular formula is C12H15BrINOS. The van der Waals surface area contributed by atoms with Crippen molar-refractivity contribution in [3.05, 3.63) is 19.9 Å². The third kappa shape index (κ3) is 3.44. The zero-order valence-electron chi connectivity index (χ0n) is 9.66. The second-order valence-corrected chi connectivity index (χ2v) is 8.70. The van der Waals surface area contributed by atoms with Crippen LogP contribution in [-0.2, 0) is 0 Å². The first-order valence-corrected chi connectivity index (χ1v) is 8.62. The van der Waals surface area contributed by atoms with Crippen molar-refractivity contribution in [3.63, 3.8) is 0 Å². The Labute approximate surface area is 128 Å². The maximum atomic E-state index is 12.2. The van der Waals surface area contributed by atoms with Gasteiger partial charge in [-0.2, -0.15) is 0 Å². The molecule has 1 saturated heterocycles. The molecule has 17 heavy (non-hydrogen) atoms. The Morgan fingerprint density at radius 3 is 2.71 bits per heavy atom. The largest absolute Gasteiger partial charge is 0.339 e. The standard InChI is InChI=1S/C12H15BrINOS/c1-8(13)9-2-4-15(5-3-9)12(16)10-6-11(14)17-7-10/h6-9H,2-5H2,1H3. The van der Waals surface area contributed by atoms with E-state index in [9.17, 15) is 4.79 Å². The van der Waals surface area contributed by atoms with Crippen molar-refractivity contribution in [3.8, 4) is 0 Å². The van der Waals surface area contributed by atoms with Crippen molar-refractivity contribution in [1.29, 1.82) is 0 Å². The topological polar surface area (TPSA) is 20.3 Å². The van der Waals surface area contributed by atoms with Crippen LogP contribution in [0, 0.1) is 8.80 Å². The van der Waals surface area contributed by atoms with Gasteiger partial charge in [-0.25, -0.2) is 0 Å². The minimum Gasteiger partial charge on any atom is -0.339 e. The van der Waals surface area contributed by atoms with Crippen LogP contribution in [0.3, 0.4) is 0 Å². The zero-order chi connectivity index (χ0) is 12.4. The lowest BCUT2D eigenvalue weighted by Gasteiger charge is -2.33. The molecule has 2 rings (SSSR count). The fourth-order valence-corrected chi connectivity index (χ4v) is 4.02. The van der Waals surface area contributed by atoms with E-state index in [2.05, 4.69) is 45.4 Å². The number of alkyl halides is 1. The van der Waals surface area contributed by atoms with Gasteiger partial charge in [-0.15, -0.1) is 11.3 Å². The number of thiophene rings is 1. The van der Waals surface area contributed by atoms with E-state index >= 15 is 0 Å². The van der Waals surface area contributed by atoms with Crippen LogP contribution in [0.5, 0.6) is 0 Å². The van der Waals surface area contributed by atoms with Gasteiger partial charge >= 0.3 is 0 Å². The zero-order valence-corrected chi connectivity index (χ0v) is 14.2. The Kier molecular flexibility index (Phi) is 4.88. The van der Waals surface area contributed by atoms with Crippen molar-refractivity contribution in [1.82, 2.24) is 4.90 Å². The second-order valence-electron chi connectivity index (χ2n) is 4.45.